The Morgan fingerprint density at radius 3 is 2.21 bits per heavy atom. The molecule has 0 fully saturated rings. The van der Waals surface area contributed by atoms with Gasteiger partial charge in [-0.25, -0.2) is 9.59 Å². The van der Waals surface area contributed by atoms with Crippen molar-refractivity contribution in [1.29, 1.82) is 0 Å². The standard InChI is InChI=1S/C18H15BrO5/c1-2-15(20)23-18(22)16(12-6-4-3-5-7-12)24-17(21)13-8-10-14(19)11-9-13/h3-11,16H,2H2,1H3. The molecule has 0 heterocycles. The summed E-state index contributed by atoms with van der Waals surface area (Å²) in [5.41, 5.74) is 0.714. The first-order valence-corrected chi connectivity index (χ1v) is 8.06. The van der Waals surface area contributed by atoms with Gasteiger partial charge in [-0.05, 0) is 24.3 Å². The van der Waals surface area contributed by atoms with Crippen LogP contribution in [-0.2, 0) is 19.1 Å². The second-order valence-electron chi connectivity index (χ2n) is 4.85. The van der Waals surface area contributed by atoms with Crippen LogP contribution in [0.5, 0.6) is 0 Å². The molecule has 0 saturated carbocycles. The van der Waals surface area contributed by atoms with Gasteiger partial charge >= 0.3 is 17.9 Å². The van der Waals surface area contributed by atoms with Crippen molar-refractivity contribution in [3.05, 3.63) is 70.2 Å². The number of ether oxygens (including phenoxy) is 2. The highest BCUT2D eigenvalue weighted by Crippen LogP contribution is 2.22. The number of benzene rings is 2. The Balaban J connectivity index is 2.22. The molecular formula is C18H15BrO5. The topological polar surface area (TPSA) is 69.7 Å². The molecule has 0 N–H and O–H groups in total. The summed E-state index contributed by atoms with van der Waals surface area (Å²) >= 11 is 3.28. The third-order valence-electron chi connectivity index (χ3n) is 3.12. The first-order chi connectivity index (χ1) is 11.5. The zero-order valence-corrected chi connectivity index (χ0v) is 14.5. The number of rotatable bonds is 5. The molecule has 5 nitrogen and oxygen atoms in total. The van der Waals surface area contributed by atoms with Crippen molar-refractivity contribution in [1.82, 2.24) is 0 Å². The first kappa shape index (κ1) is 17.9. The Bertz CT molecular complexity index is 725. The molecule has 6 heteroatoms. The van der Waals surface area contributed by atoms with Gasteiger partial charge in [-0.1, -0.05) is 53.2 Å². The van der Waals surface area contributed by atoms with Crippen LogP contribution in [0.1, 0.15) is 35.4 Å². The summed E-state index contributed by atoms with van der Waals surface area (Å²) in [7, 11) is 0. The molecule has 0 saturated heterocycles. The highest BCUT2D eigenvalue weighted by Gasteiger charge is 2.28. The molecule has 1 unspecified atom stereocenters. The maximum atomic E-state index is 12.3. The quantitative estimate of drug-likeness (QED) is 0.573. The summed E-state index contributed by atoms with van der Waals surface area (Å²) in [6.45, 7) is 1.57. The smallest absolute Gasteiger partial charge is 0.359 e. The highest BCUT2D eigenvalue weighted by atomic mass is 79.9. The fourth-order valence-electron chi connectivity index (χ4n) is 1.88. The lowest BCUT2D eigenvalue weighted by atomic mass is 10.1. The molecule has 0 aromatic heterocycles. The average molecular weight is 391 g/mol. The summed E-state index contributed by atoms with van der Waals surface area (Å²) < 4.78 is 10.8. The van der Waals surface area contributed by atoms with Crippen molar-refractivity contribution in [3.8, 4) is 0 Å². The molecule has 1 atom stereocenters. The van der Waals surface area contributed by atoms with E-state index in [1.807, 2.05) is 0 Å². The average Bonchev–Trinajstić information content (AvgIpc) is 2.60. The van der Waals surface area contributed by atoms with Gasteiger partial charge in [0.05, 0.1) is 5.56 Å². The molecule has 24 heavy (non-hydrogen) atoms. The zero-order valence-electron chi connectivity index (χ0n) is 12.9. The molecule has 2 aromatic carbocycles. The lowest BCUT2D eigenvalue weighted by Crippen LogP contribution is -2.24. The van der Waals surface area contributed by atoms with Crippen LogP contribution in [-0.4, -0.2) is 17.9 Å². The SMILES string of the molecule is CCC(=O)OC(=O)C(OC(=O)c1ccc(Br)cc1)c1ccccc1. The van der Waals surface area contributed by atoms with Crippen molar-refractivity contribution in [2.75, 3.05) is 0 Å². The van der Waals surface area contributed by atoms with Crippen LogP contribution in [0.15, 0.2) is 59.1 Å². The van der Waals surface area contributed by atoms with E-state index in [1.54, 1.807) is 61.5 Å². The lowest BCUT2D eigenvalue weighted by molar-refractivity contribution is -0.166. The molecule has 0 bridgehead atoms. The van der Waals surface area contributed by atoms with Crippen molar-refractivity contribution in [2.45, 2.75) is 19.4 Å². The Hall–Kier alpha value is -2.47. The van der Waals surface area contributed by atoms with Gasteiger partial charge in [0.25, 0.3) is 0 Å². The number of carbonyl (C=O) groups is 3. The summed E-state index contributed by atoms with van der Waals surface area (Å²) in [5, 5.41) is 0. The molecule has 0 spiro atoms. The van der Waals surface area contributed by atoms with E-state index < -0.39 is 24.0 Å². The van der Waals surface area contributed by atoms with Gasteiger partial charge in [-0.2, -0.15) is 0 Å². The number of hydrogen-bond donors (Lipinski definition) is 0. The fourth-order valence-corrected chi connectivity index (χ4v) is 2.14. The fraction of sp³-hybridized carbons (Fsp3) is 0.167. The van der Waals surface area contributed by atoms with Crippen molar-refractivity contribution >= 4 is 33.8 Å². The Morgan fingerprint density at radius 1 is 1.00 bits per heavy atom. The van der Waals surface area contributed by atoms with E-state index >= 15 is 0 Å². The number of carbonyl (C=O) groups excluding carboxylic acids is 3. The van der Waals surface area contributed by atoms with Crippen molar-refractivity contribution < 1.29 is 23.9 Å². The third kappa shape index (κ3) is 4.76. The maximum Gasteiger partial charge on any atom is 0.359 e. The minimum absolute atomic E-state index is 0.0495. The summed E-state index contributed by atoms with van der Waals surface area (Å²) in [5.74, 6) is -2.28. The van der Waals surface area contributed by atoms with Crippen molar-refractivity contribution in [3.63, 3.8) is 0 Å². The predicted octanol–water partition coefficient (Wildman–Crippen LogP) is 3.83. The minimum Gasteiger partial charge on any atom is -0.442 e. The maximum absolute atomic E-state index is 12.3. The van der Waals surface area contributed by atoms with Gasteiger partial charge in [0.1, 0.15) is 0 Å². The van der Waals surface area contributed by atoms with E-state index in [0.29, 0.717) is 5.56 Å². The van der Waals surface area contributed by atoms with Crippen LogP contribution in [0.25, 0.3) is 0 Å². The van der Waals surface area contributed by atoms with E-state index in [2.05, 4.69) is 15.9 Å². The minimum atomic E-state index is -1.31. The normalized spacial score (nSPS) is 11.4. The predicted molar refractivity (Wildman–Crippen MR) is 90.1 cm³/mol. The van der Waals surface area contributed by atoms with Crippen LogP contribution in [0.3, 0.4) is 0 Å². The largest absolute Gasteiger partial charge is 0.442 e. The molecule has 2 aromatic rings. The highest BCUT2D eigenvalue weighted by molar-refractivity contribution is 9.10. The van der Waals surface area contributed by atoms with Gasteiger partial charge in [0.15, 0.2) is 0 Å². The van der Waals surface area contributed by atoms with E-state index in [9.17, 15) is 14.4 Å². The second-order valence-corrected chi connectivity index (χ2v) is 5.77. The van der Waals surface area contributed by atoms with E-state index in [0.717, 1.165) is 4.47 Å². The Labute approximate surface area is 147 Å². The van der Waals surface area contributed by atoms with Crippen LogP contribution in [0.4, 0.5) is 0 Å². The number of esters is 3. The number of hydrogen-bond acceptors (Lipinski definition) is 5. The molecule has 0 aliphatic rings. The molecule has 0 amide bonds. The van der Waals surface area contributed by atoms with Gasteiger partial charge in [0.2, 0.25) is 6.10 Å². The van der Waals surface area contributed by atoms with E-state index in [1.165, 1.54) is 0 Å². The van der Waals surface area contributed by atoms with Crippen LogP contribution in [0, 0.1) is 0 Å². The van der Waals surface area contributed by atoms with Gasteiger partial charge in [0, 0.05) is 16.5 Å². The monoisotopic (exact) mass is 390 g/mol. The zero-order chi connectivity index (χ0) is 17.5. The first-order valence-electron chi connectivity index (χ1n) is 7.27. The summed E-state index contributed by atoms with van der Waals surface area (Å²) in [6, 6.07) is 14.9. The third-order valence-corrected chi connectivity index (χ3v) is 3.65. The van der Waals surface area contributed by atoms with Gasteiger partial charge in [-0.3, -0.25) is 4.79 Å². The van der Waals surface area contributed by atoms with Crippen LogP contribution < -0.4 is 0 Å². The Kier molecular flexibility index (Phi) is 6.26. The molecule has 0 radical (unpaired) electrons. The van der Waals surface area contributed by atoms with E-state index in [4.69, 9.17) is 9.47 Å². The Morgan fingerprint density at radius 2 is 1.62 bits per heavy atom. The van der Waals surface area contributed by atoms with Crippen molar-refractivity contribution in [2.24, 2.45) is 0 Å². The molecule has 0 aliphatic carbocycles. The molecule has 124 valence electrons. The van der Waals surface area contributed by atoms with Gasteiger partial charge < -0.3 is 9.47 Å². The summed E-state index contributed by atoms with van der Waals surface area (Å²) in [4.78, 5) is 35.8. The van der Waals surface area contributed by atoms with E-state index in [-0.39, 0.29) is 12.0 Å². The molecular weight excluding hydrogens is 376 g/mol. The van der Waals surface area contributed by atoms with Crippen LogP contribution >= 0.6 is 15.9 Å². The van der Waals surface area contributed by atoms with Crippen LogP contribution in [0.2, 0.25) is 0 Å². The molecule has 2 rings (SSSR count). The number of halogens is 1. The molecule has 0 aliphatic heterocycles. The summed E-state index contributed by atoms with van der Waals surface area (Å²) in [6.07, 6.45) is -1.26. The second kappa shape index (κ2) is 8.40. The lowest BCUT2D eigenvalue weighted by Gasteiger charge is -2.16. The van der Waals surface area contributed by atoms with Gasteiger partial charge in [-0.15, -0.1) is 0 Å².